The Morgan fingerprint density at radius 3 is 2.17 bits per heavy atom. The number of nitrogens with zero attached hydrogens (tertiary/aromatic N) is 2. The Morgan fingerprint density at radius 2 is 1.60 bits per heavy atom. The van der Waals surface area contributed by atoms with Gasteiger partial charge in [0.15, 0.2) is 0 Å². The standard InChI is InChI=1S/C31H38ClN3O6S/c1-31(2,3)33-30(37)27(18-22-12-8-7-9-13-22)34(20-23-14-10-11-15-25(23)32)29(36)21-35(42(6,38)39)26-19-24(40-4)16-17-28(26)41-5/h7-17,19,27H,18,20-21H2,1-6H3,(H,33,37)/t27-/m1/s1. The van der Waals surface area contributed by atoms with Crippen LogP contribution in [0.4, 0.5) is 5.69 Å². The van der Waals surface area contributed by atoms with Crippen LogP contribution in [0.5, 0.6) is 11.5 Å². The van der Waals surface area contributed by atoms with Crippen LogP contribution in [0.1, 0.15) is 31.9 Å². The van der Waals surface area contributed by atoms with Gasteiger partial charge in [-0.1, -0.05) is 60.1 Å². The SMILES string of the molecule is COc1ccc(OC)c(N(CC(=O)N(Cc2ccccc2Cl)[C@H](Cc2ccccc2)C(=O)NC(C)(C)C)S(C)(=O)=O)c1. The monoisotopic (exact) mass is 615 g/mol. The van der Waals surface area contributed by atoms with Crippen molar-refractivity contribution >= 4 is 39.1 Å². The molecule has 3 rings (SSSR count). The fourth-order valence-corrected chi connectivity index (χ4v) is 5.44. The number of nitrogens with one attached hydrogen (secondary N) is 1. The molecule has 0 radical (unpaired) electrons. The summed E-state index contributed by atoms with van der Waals surface area (Å²) in [6.45, 7) is 4.93. The van der Waals surface area contributed by atoms with Crippen molar-refractivity contribution < 1.29 is 27.5 Å². The molecule has 2 amide bonds. The number of amides is 2. The highest BCUT2D eigenvalue weighted by Crippen LogP contribution is 2.34. The summed E-state index contributed by atoms with van der Waals surface area (Å²) in [5, 5.41) is 3.41. The first-order valence-corrected chi connectivity index (χ1v) is 15.5. The first kappa shape index (κ1) is 32.8. The summed E-state index contributed by atoms with van der Waals surface area (Å²) in [6.07, 6.45) is 1.20. The van der Waals surface area contributed by atoms with Gasteiger partial charge in [-0.15, -0.1) is 0 Å². The molecule has 11 heteroatoms. The van der Waals surface area contributed by atoms with E-state index in [-0.39, 0.29) is 30.3 Å². The normalized spacial score (nSPS) is 12.3. The van der Waals surface area contributed by atoms with Gasteiger partial charge in [0.05, 0.1) is 26.2 Å². The molecule has 0 bridgehead atoms. The van der Waals surface area contributed by atoms with Crippen molar-refractivity contribution in [2.24, 2.45) is 0 Å². The minimum Gasteiger partial charge on any atom is -0.497 e. The molecule has 0 aliphatic rings. The second-order valence-electron chi connectivity index (χ2n) is 10.9. The molecule has 9 nitrogen and oxygen atoms in total. The van der Waals surface area contributed by atoms with Gasteiger partial charge in [0.1, 0.15) is 24.1 Å². The van der Waals surface area contributed by atoms with Crippen molar-refractivity contribution in [3.05, 3.63) is 88.9 Å². The number of methoxy groups -OCH3 is 2. The van der Waals surface area contributed by atoms with Gasteiger partial charge in [-0.05, 0) is 50.1 Å². The quantitative estimate of drug-likeness (QED) is 0.317. The highest BCUT2D eigenvalue weighted by Gasteiger charge is 2.35. The van der Waals surface area contributed by atoms with Crippen LogP contribution in [0.25, 0.3) is 0 Å². The predicted molar refractivity (Wildman–Crippen MR) is 166 cm³/mol. The molecule has 3 aromatic carbocycles. The van der Waals surface area contributed by atoms with Gasteiger partial charge < -0.3 is 19.7 Å². The maximum Gasteiger partial charge on any atom is 0.244 e. The Bertz CT molecular complexity index is 1490. The minimum absolute atomic E-state index is 0.0274. The number of benzene rings is 3. The third kappa shape index (κ3) is 8.87. The van der Waals surface area contributed by atoms with Gasteiger partial charge in [-0.2, -0.15) is 0 Å². The Kier molecular flexibility index (Phi) is 10.9. The number of halogens is 1. The number of sulfonamides is 1. The average Bonchev–Trinajstić information content (AvgIpc) is 2.93. The fraction of sp³-hybridized carbons (Fsp3) is 0.355. The minimum atomic E-state index is -4.00. The van der Waals surface area contributed by atoms with Crippen LogP contribution in [-0.4, -0.2) is 63.7 Å². The van der Waals surface area contributed by atoms with E-state index in [0.717, 1.165) is 16.1 Å². The first-order chi connectivity index (χ1) is 19.7. The number of carbonyl (C=O) groups excluding carboxylic acids is 2. The van der Waals surface area contributed by atoms with E-state index in [1.807, 2.05) is 51.1 Å². The van der Waals surface area contributed by atoms with E-state index in [1.165, 1.54) is 25.2 Å². The molecule has 42 heavy (non-hydrogen) atoms. The van der Waals surface area contributed by atoms with Crippen LogP contribution in [-0.2, 0) is 32.6 Å². The van der Waals surface area contributed by atoms with Crippen LogP contribution in [0, 0.1) is 0 Å². The van der Waals surface area contributed by atoms with Gasteiger partial charge in [0.2, 0.25) is 21.8 Å². The molecule has 226 valence electrons. The maximum atomic E-state index is 14.3. The number of rotatable bonds is 12. The summed E-state index contributed by atoms with van der Waals surface area (Å²) in [7, 11) is -1.14. The van der Waals surface area contributed by atoms with E-state index >= 15 is 0 Å². The van der Waals surface area contributed by atoms with Crippen LogP contribution in [0.15, 0.2) is 72.8 Å². The highest BCUT2D eigenvalue weighted by molar-refractivity contribution is 7.92. The number of carbonyl (C=O) groups is 2. The highest BCUT2D eigenvalue weighted by atomic mass is 35.5. The van der Waals surface area contributed by atoms with Gasteiger partial charge in [-0.3, -0.25) is 13.9 Å². The van der Waals surface area contributed by atoms with Gasteiger partial charge in [0, 0.05) is 29.6 Å². The Balaban J connectivity index is 2.14. The zero-order valence-corrected chi connectivity index (χ0v) is 26.3. The van der Waals surface area contributed by atoms with E-state index < -0.39 is 34.1 Å². The molecule has 0 fully saturated rings. The molecule has 1 N–H and O–H groups in total. The predicted octanol–water partition coefficient (Wildman–Crippen LogP) is 4.68. The lowest BCUT2D eigenvalue weighted by Crippen LogP contribution is -2.56. The summed E-state index contributed by atoms with van der Waals surface area (Å²) in [5.74, 6) is -0.365. The number of anilines is 1. The molecule has 3 aromatic rings. The smallest absolute Gasteiger partial charge is 0.244 e. The summed E-state index contributed by atoms with van der Waals surface area (Å²) in [4.78, 5) is 29.5. The summed E-state index contributed by atoms with van der Waals surface area (Å²) >= 11 is 6.50. The fourth-order valence-electron chi connectivity index (χ4n) is 4.40. The molecule has 0 unspecified atom stereocenters. The molecular weight excluding hydrogens is 578 g/mol. The second-order valence-corrected chi connectivity index (χ2v) is 13.2. The lowest BCUT2D eigenvalue weighted by atomic mass is 10.0. The summed E-state index contributed by atoms with van der Waals surface area (Å²) < 4.78 is 37.9. The van der Waals surface area contributed by atoms with Crippen LogP contribution in [0.2, 0.25) is 5.02 Å². The number of hydrogen-bond donors (Lipinski definition) is 1. The van der Waals surface area contributed by atoms with E-state index in [9.17, 15) is 18.0 Å². The number of ether oxygens (including phenoxy) is 2. The second kappa shape index (κ2) is 13.9. The molecule has 0 heterocycles. The zero-order chi connectivity index (χ0) is 31.1. The van der Waals surface area contributed by atoms with Crippen molar-refractivity contribution in [1.82, 2.24) is 10.2 Å². The number of hydrogen-bond acceptors (Lipinski definition) is 6. The molecule has 0 saturated heterocycles. The third-order valence-corrected chi connectivity index (χ3v) is 7.90. The van der Waals surface area contributed by atoms with Crippen LogP contribution in [0.3, 0.4) is 0 Å². The lowest BCUT2D eigenvalue weighted by Gasteiger charge is -2.35. The molecule has 0 saturated carbocycles. The molecule has 0 aliphatic heterocycles. The van der Waals surface area contributed by atoms with E-state index in [2.05, 4.69) is 5.32 Å². The van der Waals surface area contributed by atoms with Gasteiger partial charge >= 0.3 is 0 Å². The van der Waals surface area contributed by atoms with Crippen LogP contribution >= 0.6 is 11.6 Å². The third-order valence-electron chi connectivity index (χ3n) is 6.40. The van der Waals surface area contributed by atoms with Gasteiger partial charge in [0.25, 0.3) is 0 Å². The van der Waals surface area contributed by atoms with Crippen molar-refractivity contribution in [1.29, 1.82) is 0 Å². The summed E-state index contributed by atoms with van der Waals surface area (Å²) in [6, 6.07) is 20.0. The molecule has 0 aliphatic carbocycles. The van der Waals surface area contributed by atoms with E-state index in [4.69, 9.17) is 21.1 Å². The van der Waals surface area contributed by atoms with Crippen molar-refractivity contribution in [3.63, 3.8) is 0 Å². The van der Waals surface area contributed by atoms with Crippen molar-refractivity contribution in [3.8, 4) is 11.5 Å². The Hall–Kier alpha value is -3.76. The van der Waals surface area contributed by atoms with Crippen molar-refractivity contribution in [2.45, 2.75) is 45.3 Å². The Morgan fingerprint density at radius 1 is 0.952 bits per heavy atom. The molecule has 0 spiro atoms. The zero-order valence-electron chi connectivity index (χ0n) is 24.8. The van der Waals surface area contributed by atoms with E-state index in [0.29, 0.717) is 16.3 Å². The molecule has 1 atom stereocenters. The lowest BCUT2D eigenvalue weighted by molar-refractivity contribution is -0.140. The van der Waals surface area contributed by atoms with Crippen LogP contribution < -0.4 is 19.1 Å². The molecular formula is C31H38ClN3O6S. The summed E-state index contributed by atoms with van der Waals surface area (Å²) in [5.41, 5.74) is 0.985. The first-order valence-electron chi connectivity index (χ1n) is 13.3. The van der Waals surface area contributed by atoms with Gasteiger partial charge in [-0.25, -0.2) is 8.42 Å². The van der Waals surface area contributed by atoms with Crippen molar-refractivity contribution in [2.75, 3.05) is 31.3 Å². The average molecular weight is 616 g/mol. The van der Waals surface area contributed by atoms with E-state index in [1.54, 1.807) is 36.4 Å². The largest absolute Gasteiger partial charge is 0.497 e. The topological polar surface area (TPSA) is 105 Å². The molecule has 0 aromatic heterocycles. The Labute approximate surface area is 253 Å². The maximum absolute atomic E-state index is 14.3.